The van der Waals surface area contributed by atoms with Gasteiger partial charge in [0.15, 0.2) is 0 Å². The summed E-state index contributed by atoms with van der Waals surface area (Å²) in [6.07, 6.45) is 11.2. The fraction of sp³-hybridized carbons (Fsp3) is 0.812. The normalized spacial score (nSPS) is 35.7. The molecule has 3 saturated carbocycles. The summed E-state index contributed by atoms with van der Waals surface area (Å²) in [6.45, 7) is 4.03. The van der Waals surface area contributed by atoms with E-state index in [1.54, 1.807) is 0 Å². The summed E-state index contributed by atoms with van der Waals surface area (Å²) in [7, 11) is 0. The summed E-state index contributed by atoms with van der Waals surface area (Å²) in [5, 5.41) is 0. The van der Waals surface area contributed by atoms with Crippen molar-refractivity contribution in [2.45, 2.75) is 63.9 Å². The van der Waals surface area contributed by atoms with Gasteiger partial charge in [-0.25, -0.2) is 4.79 Å². The van der Waals surface area contributed by atoms with Gasteiger partial charge in [-0.15, -0.1) is 0 Å². The van der Waals surface area contributed by atoms with Crippen molar-refractivity contribution in [3.63, 3.8) is 0 Å². The standard InChI is InChI=1S/C16H24O2/c1-11(15-13-9-5-6-10-14(13)15)16(17)18-12-7-3-2-4-8-12/h12-15H,1-10H2. The topological polar surface area (TPSA) is 26.3 Å². The van der Waals surface area contributed by atoms with E-state index in [2.05, 4.69) is 6.58 Å². The number of hydrogen-bond acceptors (Lipinski definition) is 2. The largest absolute Gasteiger partial charge is 0.459 e. The quantitative estimate of drug-likeness (QED) is 0.560. The van der Waals surface area contributed by atoms with Gasteiger partial charge in [-0.1, -0.05) is 25.8 Å². The van der Waals surface area contributed by atoms with E-state index in [1.165, 1.54) is 44.9 Å². The Balaban J connectivity index is 1.51. The molecule has 0 saturated heterocycles. The van der Waals surface area contributed by atoms with Crippen molar-refractivity contribution in [3.05, 3.63) is 12.2 Å². The van der Waals surface area contributed by atoms with Crippen LogP contribution in [-0.4, -0.2) is 12.1 Å². The maximum absolute atomic E-state index is 12.1. The number of carbonyl (C=O) groups excluding carboxylic acids is 1. The maximum atomic E-state index is 12.1. The van der Waals surface area contributed by atoms with E-state index >= 15 is 0 Å². The molecular formula is C16H24O2. The van der Waals surface area contributed by atoms with Gasteiger partial charge in [0.25, 0.3) is 0 Å². The second-order valence-electron chi connectivity index (χ2n) is 6.33. The fourth-order valence-corrected chi connectivity index (χ4v) is 4.06. The molecule has 0 bridgehead atoms. The molecule has 2 atom stereocenters. The third kappa shape index (κ3) is 2.34. The van der Waals surface area contributed by atoms with Crippen molar-refractivity contribution < 1.29 is 9.53 Å². The molecular weight excluding hydrogens is 224 g/mol. The molecule has 0 aromatic carbocycles. The van der Waals surface area contributed by atoms with E-state index < -0.39 is 0 Å². The summed E-state index contributed by atoms with van der Waals surface area (Å²) < 4.78 is 5.62. The average molecular weight is 248 g/mol. The minimum atomic E-state index is -0.0960. The SMILES string of the molecule is C=C(C(=O)OC1CCCCC1)C1C2CCCCC21. The average Bonchev–Trinajstić information content (AvgIpc) is 3.13. The Morgan fingerprint density at radius 3 is 2.06 bits per heavy atom. The molecule has 0 aromatic heterocycles. The number of hydrogen-bond donors (Lipinski definition) is 0. The maximum Gasteiger partial charge on any atom is 0.333 e. The number of esters is 1. The van der Waals surface area contributed by atoms with E-state index in [4.69, 9.17) is 4.74 Å². The van der Waals surface area contributed by atoms with Crippen molar-refractivity contribution in [2.75, 3.05) is 0 Å². The second kappa shape index (κ2) is 5.07. The lowest BCUT2D eigenvalue weighted by Gasteiger charge is -2.22. The van der Waals surface area contributed by atoms with Gasteiger partial charge < -0.3 is 4.74 Å². The van der Waals surface area contributed by atoms with Gasteiger partial charge in [-0.2, -0.15) is 0 Å². The minimum Gasteiger partial charge on any atom is -0.459 e. The van der Waals surface area contributed by atoms with E-state index in [1.807, 2.05) is 0 Å². The predicted octanol–water partition coefficient (Wildman–Crippen LogP) is 3.85. The highest BCUT2D eigenvalue weighted by molar-refractivity contribution is 5.89. The smallest absolute Gasteiger partial charge is 0.333 e. The van der Waals surface area contributed by atoms with Crippen LogP contribution in [0.5, 0.6) is 0 Å². The van der Waals surface area contributed by atoms with Crippen LogP contribution in [0.1, 0.15) is 57.8 Å². The molecule has 18 heavy (non-hydrogen) atoms. The number of ether oxygens (including phenoxy) is 1. The highest BCUT2D eigenvalue weighted by Crippen LogP contribution is 2.58. The van der Waals surface area contributed by atoms with Crippen molar-refractivity contribution in [1.29, 1.82) is 0 Å². The van der Waals surface area contributed by atoms with Crippen LogP contribution in [0.3, 0.4) is 0 Å². The van der Waals surface area contributed by atoms with Crippen LogP contribution >= 0.6 is 0 Å². The van der Waals surface area contributed by atoms with Gasteiger partial charge in [0, 0.05) is 5.57 Å². The first-order valence-electron chi connectivity index (χ1n) is 7.67. The minimum absolute atomic E-state index is 0.0960. The highest BCUT2D eigenvalue weighted by Gasteiger charge is 2.53. The van der Waals surface area contributed by atoms with Gasteiger partial charge in [0.2, 0.25) is 0 Å². The van der Waals surface area contributed by atoms with Crippen molar-refractivity contribution in [3.8, 4) is 0 Å². The zero-order chi connectivity index (χ0) is 12.5. The van der Waals surface area contributed by atoms with Crippen LogP contribution in [0.2, 0.25) is 0 Å². The van der Waals surface area contributed by atoms with Crippen molar-refractivity contribution in [2.24, 2.45) is 17.8 Å². The first kappa shape index (κ1) is 12.3. The van der Waals surface area contributed by atoms with E-state index in [-0.39, 0.29) is 12.1 Å². The van der Waals surface area contributed by atoms with Gasteiger partial charge in [-0.05, 0) is 56.3 Å². The lowest BCUT2D eigenvalue weighted by atomic mass is 9.97. The summed E-state index contributed by atoms with van der Waals surface area (Å²) in [4.78, 5) is 12.1. The number of fused-ring (bicyclic) bond motifs is 1. The zero-order valence-corrected chi connectivity index (χ0v) is 11.2. The van der Waals surface area contributed by atoms with Gasteiger partial charge >= 0.3 is 5.97 Å². The molecule has 0 aliphatic heterocycles. The summed E-state index contributed by atoms with van der Waals surface area (Å²) in [5.41, 5.74) is 0.775. The Morgan fingerprint density at radius 1 is 0.889 bits per heavy atom. The molecule has 0 radical (unpaired) electrons. The third-order valence-corrected chi connectivity index (χ3v) is 5.15. The fourth-order valence-electron chi connectivity index (χ4n) is 4.06. The van der Waals surface area contributed by atoms with E-state index in [0.29, 0.717) is 5.92 Å². The number of carbonyl (C=O) groups is 1. The van der Waals surface area contributed by atoms with Gasteiger partial charge in [-0.3, -0.25) is 0 Å². The molecule has 2 nitrogen and oxygen atoms in total. The molecule has 3 aliphatic carbocycles. The molecule has 3 aliphatic rings. The van der Waals surface area contributed by atoms with Crippen molar-refractivity contribution >= 4 is 5.97 Å². The van der Waals surface area contributed by atoms with Crippen LogP contribution in [0.4, 0.5) is 0 Å². The molecule has 2 unspecified atom stereocenters. The highest BCUT2D eigenvalue weighted by atomic mass is 16.5. The molecule has 0 N–H and O–H groups in total. The summed E-state index contributed by atoms with van der Waals surface area (Å²) >= 11 is 0. The lowest BCUT2D eigenvalue weighted by Crippen LogP contribution is -2.22. The van der Waals surface area contributed by atoms with Crippen LogP contribution < -0.4 is 0 Å². The Hall–Kier alpha value is -0.790. The Labute approximate surface area is 110 Å². The zero-order valence-electron chi connectivity index (χ0n) is 11.2. The van der Waals surface area contributed by atoms with Gasteiger partial charge in [0.05, 0.1) is 0 Å². The molecule has 3 rings (SSSR count). The summed E-state index contributed by atoms with van der Waals surface area (Å²) in [5.74, 6) is 1.88. The monoisotopic (exact) mass is 248 g/mol. The Kier molecular flexibility index (Phi) is 3.45. The third-order valence-electron chi connectivity index (χ3n) is 5.15. The molecule has 0 spiro atoms. The predicted molar refractivity (Wildman–Crippen MR) is 71.0 cm³/mol. The summed E-state index contributed by atoms with van der Waals surface area (Å²) in [6, 6.07) is 0. The van der Waals surface area contributed by atoms with E-state index in [0.717, 1.165) is 30.3 Å². The van der Waals surface area contributed by atoms with Crippen LogP contribution in [0, 0.1) is 17.8 Å². The first-order valence-corrected chi connectivity index (χ1v) is 7.67. The second-order valence-corrected chi connectivity index (χ2v) is 6.33. The van der Waals surface area contributed by atoms with Crippen LogP contribution in [0.25, 0.3) is 0 Å². The number of rotatable bonds is 3. The van der Waals surface area contributed by atoms with Gasteiger partial charge in [0.1, 0.15) is 6.10 Å². The molecule has 0 aromatic rings. The van der Waals surface area contributed by atoms with Crippen LogP contribution in [-0.2, 0) is 9.53 Å². The Bertz CT molecular complexity index is 329. The van der Waals surface area contributed by atoms with E-state index in [9.17, 15) is 4.79 Å². The molecule has 2 heteroatoms. The molecule has 0 heterocycles. The molecule has 100 valence electrons. The van der Waals surface area contributed by atoms with Crippen molar-refractivity contribution in [1.82, 2.24) is 0 Å². The molecule has 0 amide bonds. The Morgan fingerprint density at radius 2 is 1.44 bits per heavy atom. The first-order chi connectivity index (χ1) is 8.77. The molecule has 3 fully saturated rings. The lowest BCUT2D eigenvalue weighted by molar-refractivity contribution is -0.146. The van der Waals surface area contributed by atoms with Crippen LogP contribution in [0.15, 0.2) is 12.2 Å².